The number of pyridine rings is 1. The number of aliphatic hydroxyl groups excluding tert-OH is 1. The Labute approximate surface area is 194 Å². The average Bonchev–Trinajstić information content (AvgIpc) is 3.07. The highest BCUT2D eigenvalue weighted by Crippen LogP contribution is 2.43. The number of rotatable bonds is 5. The third kappa shape index (κ3) is 3.95. The maximum atomic E-state index is 13.1. The van der Waals surface area contributed by atoms with Crippen LogP contribution in [-0.4, -0.2) is 28.4 Å². The molecule has 2 heterocycles. The largest absolute Gasteiger partial charge is 0.507 e. The fourth-order valence-corrected chi connectivity index (χ4v) is 3.94. The van der Waals surface area contributed by atoms with Crippen molar-refractivity contribution >= 4 is 46.3 Å². The van der Waals surface area contributed by atoms with E-state index in [1.807, 2.05) is 6.92 Å². The van der Waals surface area contributed by atoms with Gasteiger partial charge in [0.1, 0.15) is 11.5 Å². The van der Waals surface area contributed by atoms with E-state index >= 15 is 0 Å². The number of hydrogen-bond donors (Lipinski definition) is 1. The normalized spacial score (nSPS) is 17.6. The third-order valence-electron chi connectivity index (χ3n) is 5.04. The standard InChI is InChI=1S/C24H18Cl2N2O4/c1-2-32-17-7-3-6-16(12-17)28-21(15-5-4-10-27-13-15)20(23(30)24(28)31)22(29)14-8-9-18(25)19(26)11-14/h3-13,21,29H,2H2,1H3/b22-20+. The van der Waals surface area contributed by atoms with Gasteiger partial charge in [-0.3, -0.25) is 19.5 Å². The van der Waals surface area contributed by atoms with Crippen molar-refractivity contribution in [2.45, 2.75) is 13.0 Å². The summed E-state index contributed by atoms with van der Waals surface area (Å²) in [4.78, 5) is 31.7. The molecule has 1 amide bonds. The smallest absolute Gasteiger partial charge is 0.300 e. The van der Waals surface area contributed by atoms with Crippen molar-refractivity contribution in [3.05, 3.63) is 93.7 Å². The zero-order valence-corrected chi connectivity index (χ0v) is 18.5. The summed E-state index contributed by atoms with van der Waals surface area (Å²) in [7, 11) is 0. The number of halogens is 2. The lowest BCUT2D eigenvalue weighted by Crippen LogP contribution is -2.29. The average molecular weight is 469 g/mol. The highest BCUT2D eigenvalue weighted by molar-refractivity contribution is 6.51. The Morgan fingerprint density at radius 2 is 1.91 bits per heavy atom. The molecule has 0 spiro atoms. The predicted molar refractivity (Wildman–Crippen MR) is 123 cm³/mol. The number of Topliss-reactive ketones (excluding diaryl/α,β-unsaturated/α-hetero) is 1. The van der Waals surface area contributed by atoms with Crippen molar-refractivity contribution < 1.29 is 19.4 Å². The fraction of sp³-hybridized carbons (Fsp3) is 0.125. The van der Waals surface area contributed by atoms with Crippen molar-refractivity contribution in [1.29, 1.82) is 0 Å². The molecule has 1 aromatic heterocycles. The summed E-state index contributed by atoms with van der Waals surface area (Å²) in [5.41, 5.74) is 1.23. The zero-order chi connectivity index (χ0) is 22.8. The first kappa shape index (κ1) is 21.9. The van der Waals surface area contributed by atoms with E-state index < -0.39 is 17.7 Å². The van der Waals surface area contributed by atoms with Crippen LogP contribution in [0.25, 0.3) is 5.76 Å². The van der Waals surface area contributed by atoms with Crippen LogP contribution in [0.2, 0.25) is 10.0 Å². The maximum Gasteiger partial charge on any atom is 0.300 e. The van der Waals surface area contributed by atoms with Gasteiger partial charge in [0.15, 0.2) is 0 Å². The molecule has 2 aromatic carbocycles. The maximum absolute atomic E-state index is 13.1. The Kier molecular flexibility index (Phi) is 6.17. The molecule has 8 heteroatoms. The number of anilines is 1. The Morgan fingerprint density at radius 3 is 2.59 bits per heavy atom. The highest BCUT2D eigenvalue weighted by atomic mass is 35.5. The van der Waals surface area contributed by atoms with Crippen molar-refractivity contribution in [2.75, 3.05) is 11.5 Å². The van der Waals surface area contributed by atoms with Crippen LogP contribution >= 0.6 is 23.2 Å². The van der Waals surface area contributed by atoms with Crippen LogP contribution < -0.4 is 9.64 Å². The molecule has 162 valence electrons. The molecule has 1 N–H and O–H groups in total. The van der Waals surface area contributed by atoms with Crippen LogP contribution in [0, 0.1) is 0 Å². The van der Waals surface area contributed by atoms with E-state index in [4.69, 9.17) is 27.9 Å². The molecule has 1 atom stereocenters. The van der Waals surface area contributed by atoms with Crippen LogP contribution in [0.3, 0.4) is 0 Å². The lowest BCUT2D eigenvalue weighted by molar-refractivity contribution is -0.132. The monoisotopic (exact) mass is 468 g/mol. The van der Waals surface area contributed by atoms with E-state index in [2.05, 4.69) is 4.98 Å². The Bertz CT molecular complexity index is 1230. The van der Waals surface area contributed by atoms with Crippen molar-refractivity contribution in [2.24, 2.45) is 0 Å². The molecule has 1 fully saturated rings. The molecule has 1 unspecified atom stereocenters. The summed E-state index contributed by atoms with van der Waals surface area (Å²) in [6.45, 7) is 2.30. The lowest BCUT2D eigenvalue weighted by atomic mass is 9.96. The van der Waals surface area contributed by atoms with E-state index in [1.54, 1.807) is 48.8 Å². The first-order valence-electron chi connectivity index (χ1n) is 9.81. The van der Waals surface area contributed by atoms with E-state index in [-0.39, 0.29) is 21.9 Å². The second kappa shape index (κ2) is 9.02. The van der Waals surface area contributed by atoms with Gasteiger partial charge in [0.2, 0.25) is 0 Å². The number of hydrogen-bond acceptors (Lipinski definition) is 5. The van der Waals surface area contributed by atoms with Gasteiger partial charge in [-0.25, -0.2) is 0 Å². The second-order valence-electron chi connectivity index (χ2n) is 7.01. The van der Waals surface area contributed by atoms with E-state index in [9.17, 15) is 14.7 Å². The number of nitrogens with zero attached hydrogens (tertiary/aromatic N) is 2. The molecule has 1 aliphatic heterocycles. The molecule has 0 bridgehead atoms. The molecule has 1 saturated heterocycles. The van der Waals surface area contributed by atoms with Gasteiger partial charge in [0, 0.05) is 29.7 Å². The van der Waals surface area contributed by atoms with Gasteiger partial charge in [-0.15, -0.1) is 0 Å². The van der Waals surface area contributed by atoms with Gasteiger partial charge in [-0.1, -0.05) is 35.3 Å². The number of benzene rings is 2. The quantitative estimate of drug-likeness (QED) is 0.307. The number of carbonyl (C=O) groups is 2. The summed E-state index contributed by atoms with van der Waals surface area (Å²) in [6, 6.07) is 13.9. The first-order valence-corrected chi connectivity index (χ1v) is 10.6. The summed E-state index contributed by atoms with van der Waals surface area (Å²) in [5.74, 6) is -1.38. The molecule has 0 radical (unpaired) electrons. The van der Waals surface area contributed by atoms with Crippen LogP contribution in [-0.2, 0) is 9.59 Å². The lowest BCUT2D eigenvalue weighted by Gasteiger charge is -2.25. The third-order valence-corrected chi connectivity index (χ3v) is 5.78. The van der Waals surface area contributed by atoms with Gasteiger partial charge in [0.05, 0.1) is 28.3 Å². The van der Waals surface area contributed by atoms with Crippen LogP contribution in [0.1, 0.15) is 24.1 Å². The first-order chi connectivity index (χ1) is 15.4. The van der Waals surface area contributed by atoms with Gasteiger partial charge < -0.3 is 9.84 Å². The highest BCUT2D eigenvalue weighted by Gasteiger charge is 2.47. The Hall–Kier alpha value is -3.35. The van der Waals surface area contributed by atoms with Gasteiger partial charge in [0.25, 0.3) is 11.7 Å². The molecule has 4 rings (SSSR count). The molecule has 0 aliphatic carbocycles. The van der Waals surface area contributed by atoms with Gasteiger partial charge in [-0.05, 0) is 48.9 Å². The number of aromatic nitrogens is 1. The molecular formula is C24H18Cl2N2O4. The zero-order valence-electron chi connectivity index (χ0n) is 17.0. The number of ether oxygens (including phenoxy) is 1. The molecule has 0 saturated carbocycles. The molecule has 3 aromatic rings. The summed E-state index contributed by atoms with van der Waals surface area (Å²) in [6.07, 6.45) is 3.14. The Balaban J connectivity index is 1.92. The fourth-order valence-electron chi connectivity index (χ4n) is 3.64. The van der Waals surface area contributed by atoms with Gasteiger partial charge >= 0.3 is 0 Å². The minimum absolute atomic E-state index is 0.0665. The molecular weight excluding hydrogens is 451 g/mol. The van der Waals surface area contributed by atoms with E-state index in [0.717, 1.165) is 0 Å². The van der Waals surface area contributed by atoms with Gasteiger partial charge in [-0.2, -0.15) is 0 Å². The second-order valence-corrected chi connectivity index (χ2v) is 7.83. The number of amides is 1. The van der Waals surface area contributed by atoms with Crippen molar-refractivity contribution in [3.63, 3.8) is 0 Å². The summed E-state index contributed by atoms with van der Waals surface area (Å²) >= 11 is 12.1. The predicted octanol–water partition coefficient (Wildman–Crippen LogP) is 5.41. The van der Waals surface area contributed by atoms with Crippen LogP contribution in [0.4, 0.5) is 5.69 Å². The number of aliphatic hydroxyl groups is 1. The molecule has 6 nitrogen and oxygen atoms in total. The minimum atomic E-state index is -0.893. The van der Waals surface area contributed by atoms with Crippen LogP contribution in [0.15, 0.2) is 72.6 Å². The minimum Gasteiger partial charge on any atom is -0.507 e. The molecule has 1 aliphatic rings. The number of carbonyl (C=O) groups excluding carboxylic acids is 2. The Morgan fingerprint density at radius 1 is 1.09 bits per heavy atom. The number of ketones is 1. The van der Waals surface area contributed by atoms with Crippen molar-refractivity contribution in [1.82, 2.24) is 4.98 Å². The van der Waals surface area contributed by atoms with Crippen molar-refractivity contribution in [3.8, 4) is 5.75 Å². The van der Waals surface area contributed by atoms with E-state index in [1.165, 1.54) is 23.1 Å². The topological polar surface area (TPSA) is 79.7 Å². The van der Waals surface area contributed by atoms with E-state index in [0.29, 0.717) is 28.6 Å². The SMILES string of the molecule is CCOc1cccc(N2C(=O)C(=O)/C(=C(/O)c3ccc(Cl)c(Cl)c3)C2c2cccnc2)c1. The van der Waals surface area contributed by atoms with Crippen LogP contribution in [0.5, 0.6) is 5.75 Å². The summed E-state index contributed by atoms with van der Waals surface area (Å²) in [5, 5.41) is 11.6. The molecule has 32 heavy (non-hydrogen) atoms. The summed E-state index contributed by atoms with van der Waals surface area (Å²) < 4.78 is 5.55.